The fraction of sp³-hybridized carbons (Fsp3) is 0.357. The van der Waals surface area contributed by atoms with E-state index >= 15 is 0 Å². The highest BCUT2D eigenvalue weighted by atomic mass is 32.1. The fourth-order valence-electron chi connectivity index (χ4n) is 4.28. The summed E-state index contributed by atoms with van der Waals surface area (Å²) >= 11 is 1.81. The average Bonchev–Trinajstić information content (AvgIpc) is 3.33. The number of anilines is 1. The second kappa shape index (κ2) is 10.6. The average molecular weight is 491 g/mol. The molecule has 0 aliphatic carbocycles. The maximum Gasteiger partial charge on any atom is 0.161 e. The van der Waals surface area contributed by atoms with Crippen molar-refractivity contribution in [2.24, 2.45) is 0 Å². The molecule has 0 fully saturated rings. The molecule has 0 radical (unpaired) electrons. The Bertz CT molecular complexity index is 1320. The summed E-state index contributed by atoms with van der Waals surface area (Å²) in [7, 11) is 7.50. The largest absolute Gasteiger partial charge is 0.493 e. The predicted molar refractivity (Wildman–Crippen MR) is 146 cm³/mol. The number of nitrogens with one attached hydrogen (secondary N) is 1. The Morgan fingerprint density at radius 3 is 2.26 bits per heavy atom. The van der Waals surface area contributed by atoms with Crippen LogP contribution in [0.1, 0.15) is 48.9 Å². The van der Waals surface area contributed by atoms with E-state index in [1.807, 2.05) is 23.5 Å². The molecule has 7 heteroatoms. The zero-order valence-corrected chi connectivity index (χ0v) is 22.4. The van der Waals surface area contributed by atoms with Gasteiger partial charge in [0.25, 0.3) is 0 Å². The lowest BCUT2D eigenvalue weighted by molar-refractivity contribution is 0.356. The van der Waals surface area contributed by atoms with Gasteiger partial charge in [-0.15, -0.1) is 16.4 Å². The summed E-state index contributed by atoms with van der Waals surface area (Å²) in [6.07, 6.45) is 0. The summed E-state index contributed by atoms with van der Waals surface area (Å²) in [5, 5.41) is 14.7. The van der Waals surface area contributed by atoms with Gasteiger partial charge in [0.05, 0.1) is 26.0 Å². The quantitative estimate of drug-likeness (QED) is 0.281. The predicted octanol–water partition coefficient (Wildman–Crippen LogP) is 6.73. The molecule has 0 bridgehead atoms. The molecule has 0 spiro atoms. The van der Waals surface area contributed by atoms with E-state index in [4.69, 9.17) is 9.47 Å². The maximum absolute atomic E-state index is 5.58. The molecule has 35 heavy (non-hydrogen) atoms. The second-order valence-corrected chi connectivity index (χ2v) is 10.4. The van der Waals surface area contributed by atoms with Crippen molar-refractivity contribution in [2.45, 2.75) is 39.3 Å². The van der Waals surface area contributed by atoms with Crippen LogP contribution in [0.4, 0.5) is 5.82 Å². The normalized spacial score (nSPS) is 12.4. The number of thiophene rings is 1. The molecule has 1 atom stereocenters. The van der Waals surface area contributed by atoms with Gasteiger partial charge in [-0.1, -0.05) is 38.1 Å². The van der Waals surface area contributed by atoms with Crippen molar-refractivity contribution in [1.82, 2.24) is 15.1 Å². The van der Waals surface area contributed by atoms with Crippen LogP contribution in [0.5, 0.6) is 11.5 Å². The summed E-state index contributed by atoms with van der Waals surface area (Å²) < 4.78 is 11.1. The van der Waals surface area contributed by atoms with Gasteiger partial charge in [-0.2, -0.15) is 5.10 Å². The molecular weight excluding hydrogens is 456 g/mol. The topological polar surface area (TPSA) is 59.5 Å². The van der Waals surface area contributed by atoms with Gasteiger partial charge >= 0.3 is 0 Å². The van der Waals surface area contributed by atoms with Crippen molar-refractivity contribution in [3.8, 4) is 21.9 Å². The lowest BCUT2D eigenvalue weighted by atomic mass is 10.0. The first-order chi connectivity index (χ1) is 16.8. The molecule has 6 nitrogen and oxygen atoms in total. The lowest BCUT2D eigenvalue weighted by Gasteiger charge is -2.18. The first-order valence-electron chi connectivity index (χ1n) is 11.8. The number of methoxy groups -OCH3 is 2. The Balaban J connectivity index is 1.68. The molecule has 2 aromatic carbocycles. The van der Waals surface area contributed by atoms with Crippen LogP contribution in [-0.4, -0.2) is 43.4 Å². The highest BCUT2D eigenvalue weighted by Gasteiger charge is 2.19. The fourth-order valence-corrected chi connectivity index (χ4v) is 5.35. The summed E-state index contributed by atoms with van der Waals surface area (Å²) in [6.45, 7) is 7.31. The van der Waals surface area contributed by atoms with Gasteiger partial charge in [-0.25, -0.2) is 0 Å². The number of benzene rings is 2. The molecule has 0 amide bonds. The molecule has 4 rings (SSSR count). The van der Waals surface area contributed by atoms with Crippen LogP contribution < -0.4 is 14.8 Å². The molecule has 0 saturated carbocycles. The Morgan fingerprint density at radius 2 is 1.60 bits per heavy atom. The van der Waals surface area contributed by atoms with Crippen molar-refractivity contribution in [2.75, 3.05) is 33.6 Å². The minimum atomic E-state index is 0.0604. The van der Waals surface area contributed by atoms with Gasteiger partial charge in [0.15, 0.2) is 17.3 Å². The monoisotopic (exact) mass is 490 g/mol. The molecule has 4 aromatic rings. The maximum atomic E-state index is 5.58. The van der Waals surface area contributed by atoms with Gasteiger partial charge < -0.3 is 19.7 Å². The molecule has 0 saturated heterocycles. The van der Waals surface area contributed by atoms with Crippen LogP contribution >= 0.6 is 11.3 Å². The Morgan fingerprint density at radius 1 is 0.914 bits per heavy atom. The van der Waals surface area contributed by atoms with E-state index in [0.717, 1.165) is 28.8 Å². The van der Waals surface area contributed by atoms with Gasteiger partial charge in [0.2, 0.25) is 0 Å². The van der Waals surface area contributed by atoms with E-state index in [0.29, 0.717) is 11.5 Å². The number of rotatable bonds is 9. The third kappa shape index (κ3) is 5.26. The third-order valence-corrected chi connectivity index (χ3v) is 7.34. The van der Waals surface area contributed by atoms with E-state index in [-0.39, 0.29) is 12.0 Å². The van der Waals surface area contributed by atoms with Crippen molar-refractivity contribution >= 4 is 27.9 Å². The zero-order chi connectivity index (χ0) is 25.1. The zero-order valence-electron chi connectivity index (χ0n) is 21.5. The molecule has 2 heterocycles. The molecule has 0 aliphatic heterocycles. The van der Waals surface area contributed by atoms with E-state index in [1.165, 1.54) is 20.9 Å². The molecule has 0 unspecified atom stereocenters. The summed E-state index contributed by atoms with van der Waals surface area (Å²) in [5.41, 5.74) is 3.55. The molecular formula is C28H34N4O2S. The third-order valence-electron chi connectivity index (χ3n) is 6.04. The smallest absolute Gasteiger partial charge is 0.161 e. The van der Waals surface area contributed by atoms with Crippen LogP contribution in [0.2, 0.25) is 0 Å². The van der Waals surface area contributed by atoms with Crippen molar-refractivity contribution in [1.29, 1.82) is 0 Å². The van der Waals surface area contributed by atoms with E-state index in [1.54, 1.807) is 14.2 Å². The number of nitrogens with zero attached hydrogens (tertiary/aromatic N) is 3. The van der Waals surface area contributed by atoms with Crippen LogP contribution in [-0.2, 0) is 6.54 Å². The standard InChI is InChI=1S/C28H34N4O2S/c1-17(2)27-21-14-23(33-6)24(34-7)15-22(21)28(31-30-27)29-18(3)25-12-13-26(35-25)20-11-9-8-10-19(20)16-32(4)5/h8-15,17-18H,16H2,1-7H3,(H,29,31)/t18-/m1/s1. The summed E-state index contributed by atoms with van der Waals surface area (Å²) in [5.74, 6) is 2.33. The molecule has 0 aliphatic rings. The summed E-state index contributed by atoms with van der Waals surface area (Å²) in [6, 6.07) is 17.1. The summed E-state index contributed by atoms with van der Waals surface area (Å²) in [4.78, 5) is 4.71. The molecule has 1 N–H and O–H groups in total. The van der Waals surface area contributed by atoms with Gasteiger partial charge in [0, 0.05) is 27.1 Å². The lowest BCUT2D eigenvalue weighted by Crippen LogP contribution is -2.11. The number of aromatic nitrogens is 2. The number of fused-ring (bicyclic) bond motifs is 1. The number of hydrogen-bond acceptors (Lipinski definition) is 7. The van der Waals surface area contributed by atoms with E-state index < -0.39 is 0 Å². The number of ether oxygens (including phenoxy) is 2. The highest BCUT2D eigenvalue weighted by molar-refractivity contribution is 7.15. The van der Waals surface area contributed by atoms with E-state index in [2.05, 4.69) is 91.7 Å². The van der Waals surface area contributed by atoms with Crippen molar-refractivity contribution in [3.05, 3.63) is 64.7 Å². The van der Waals surface area contributed by atoms with Crippen LogP contribution in [0.3, 0.4) is 0 Å². The highest BCUT2D eigenvalue weighted by Crippen LogP contribution is 2.39. The number of hydrogen-bond donors (Lipinski definition) is 1. The van der Waals surface area contributed by atoms with Crippen molar-refractivity contribution < 1.29 is 9.47 Å². The minimum absolute atomic E-state index is 0.0604. The van der Waals surface area contributed by atoms with E-state index in [9.17, 15) is 0 Å². The second-order valence-electron chi connectivity index (χ2n) is 9.30. The molecule has 2 aromatic heterocycles. The first-order valence-corrected chi connectivity index (χ1v) is 12.7. The minimum Gasteiger partial charge on any atom is -0.493 e. The molecule has 184 valence electrons. The SMILES string of the molecule is COc1cc2c(N[C@H](C)c3ccc(-c4ccccc4CN(C)C)s3)nnc(C(C)C)c2cc1OC. The van der Waals surface area contributed by atoms with Crippen LogP contribution in [0.25, 0.3) is 21.2 Å². The van der Waals surface area contributed by atoms with Crippen LogP contribution in [0, 0.1) is 0 Å². The van der Waals surface area contributed by atoms with Gasteiger partial charge in [-0.3, -0.25) is 0 Å². The van der Waals surface area contributed by atoms with Crippen LogP contribution in [0.15, 0.2) is 48.5 Å². The Hall–Kier alpha value is -3.16. The Labute approximate surface area is 211 Å². The Kier molecular flexibility index (Phi) is 7.57. The van der Waals surface area contributed by atoms with Gasteiger partial charge in [-0.05, 0) is 62.3 Å². The first kappa shape index (κ1) is 24.9. The van der Waals surface area contributed by atoms with Gasteiger partial charge in [0.1, 0.15) is 0 Å². The van der Waals surface area contributed by atoms with Crippen molar-refractivity contribution in [3.63, 3.8) is 0 Å².